The van der Waals surface area contributed by atoms with Crippen molar-refractivity contribution in [3.63, 3.8) is 0 Å². The number of H-pyrrole nitrogens is 1. The van der Waals surface area contributed by atoms with E-state index >= 15 is 0 Å². The average Bonchev–Trinajstić information content (AvgIpc) is 3.22. The van der Waals surface area contributed by atoms with Gasteiger partial charge in [0.2, 0.25) is 11.9 Å². The van der Waals surface area contributed by atoms with Gasteiger partial charge >= 0.3 is 15.2 Å². The monoisotopic (exact) mass is 480 g/mol. The second-order valence-corrected chi connectivity index (χ2v) is 10.6. The molecular formula is C14H22N6O9P2. The molecule has 15 nitrogen and oxygen atoms in total. The number of amides is 1. The maximum atomic E-state index is 12.4. The van der Waals surface area contributed by atoms with Crippen molar-refractivity contribution in [3.05, 3.63) is 16.7 Å². The predicted octanol–water partition coefficient (Wildman–Crippen LogP) is -1.78. The highest BCUT2D eigenvalue weighted by Gasteiger charge is 2.38. The van der Waals surface area contributed by atoms with Crippen LogP contribution in [0, 0.1) is 0 Å². The Balaban J connectivity index is 1.86. The van der Waals surface area contributed by atoms with Gasteiger partial charge in [0.05, 0.1) is 37.4 Å². The van der Waals surface area contributed by atoms with Crippen LogP contribution in [0.2, 0.25) is 0 Å². The van der Waals surface area contributed by atoms with Crippen LogP contribution in [0.5, 0.6) is 0 Å². The molecule has 0 radical (unpaired) electrons. The van der Waals surface area contributed by atoms with E-state index < -0.39 is 51.1 Å². The Kier molecular flexibility index (Phi) is 6.67. The number of carbonyl (C=O) groups excluding carboxylic acids is 1. The van der Waals surface area contributed by atoms with E-state index in [9.17, 15) is 18.7 Å². The number of hydrogen-bond donors (Lipinski definition) is 6. The number of rotatable bonds is 8. The molecule has 31 heavy (non-hydrogen) atoms. The minimum atomic E-state index is -4.36. The van der Waals surface area contributed by atoms with Crippen LogP contribution in [0.1, 0.15) is 12.5 Å². The van der Waals surface area contributed by atoms with Gasteiger partial charge in [-0.25, -0.2) is 4.98 Å². The van der Waals surface area contributed by atoms with Gasteiger partial charge in [0, 0.05) is 19.5 Å². The number of ether oxygens (including phenoxy) is 1. The first kappa shape index (κ1) is 23.5. The number of imidazole rings is 1. The highest BCUT2D eigenvalue weighted by atomic mass is 31.2. The number of nitrogen functional groups attached to an aromatic ring is 1. The molecule has 2 aromatic heterocycles. The summed E-state index contributed by atoms with van der Waals surface area (Å²) in [7, 11) is -8.66. The van der Waals surface area contributed by atoms with Gasteiger partial charge in [0.15, 0.2) is 11.2 Å². The van der Waals surface area contributed by atoms with E-state index in [1.807, 2.05) is 0 Å². The lowest BCUT2D eigenvalue weighted by atomic mass is 10.2. The zero-order chi connectivity index (χ0) is 23.0. The van der Waals surface area contributed by atoms with Crippen LogP contribution in [0.4, 0.5) is 5.95 Å². The lowest BCUT2D eigenvalue weighted by molar-refractivity contribution is -0.130. The SMILES string of the molecule is Nc1nc2c(ncn2[C@@H]2CN(C(=O)CCP(=O)(O)O)C[C@@H]2OCCP(=O)(O)O)c(=O)[nH]1. The highest BCUT2D eigenvalue weighted by Crippen LogP contribution is 2.36. The van der Waals surface area contributed by atoms with Crippen molar-refractivity contribution in [2.24, 2.45) is 0 Å². The number of nitrogens with two attached hydrogens (primary N) is 1. The predicted molar refractivity (Wildman–Crippen MR) is 106 cm³/mol. The Bertz CT molecular complexity index is 1120. The van der Waals surface area contributed by atoms with E-state index in [2.05, 4.69) is 15.0 Å². The summed E-state index contributed by atoms with van der Waals surface area (Å²) in [5.74, 6) is -0.671. The van der Waals surface area contributed by atoms with Crippen LogP contribution in [0.15, 0.2) is 11.1 Å². The van der Waals surface area contributed by atoms with Gasteiger partial charge in [0.25, 0.3) is 5.56 Å². The fraction of sp³-hybridized carbons (Fsp3) is 0.571. The molecule has 2 aromatic rings. The van der Waals surface area contributed by atoms with Gasteiger partial charge in [-0.1, -0.05) is 0 Å². The first-order valence-corrected chi connectivity index (χ1v) is 12.6. The van der Waals surface area contributed by atoms with Crippen molar-refractivity contribution in [2.45, 2.75) is 18.6 Å². The molecule has 0 aliphatic carbocycles. The van der Waals surface area contributed by atoms with Crippen molar-refractivity contribution in [1.29, 1.82) is 0 Å². The number of aromatic amines is 1. The summed E-state index contributed by atoms with van der Waals surface area (Å²) in [5, 5.41) is 0. The number of carbonyl (C=O) groups is 1. The van der Waals surface area contributed by atoms with E-state index in [0.29, 0.717) is 0 Å². The largest absolute Gasteiger partial charge is 0.373 e. The van der Waals surface area contributed by atoms with Crippen LogP contribution in [0.25, 0.3) is 11.2 Å². The fourth-order valence-electron chi connectivity index (χ4n) is 3.30. The Morgan fingerprint density at radius 1 is 1.23 bits per heavy atom. The first-order chi connectivity index (χ1) is 14.3. The van der Waals surface area contributed by atoms with Gasteiger partial charge in [-0.3, -0.25) is 23.7 Å². The van der Waals surface area contributed by atoms with Gasteiger partial charge in [-0.05, 0) is 0 Å². The van der Waals surface area contributed by atoms with Crippen molar-refractivity contribution in [1.82, 2.24) is 24.4 Å². The van der Waals surface area contributed by atoms with Crippen molar-refractivity contribution in [3.8, 4) is 0 Å². The minimum absolute atomic E-state index is 0.00413. The summed E-state index contributed by atoms with van der Waals surface area (Å²) in [4.78, 5) is 72.3. The van der Waals surface area contributed by atoms with Crippen LogP contribution in [0.3, 0.4) is 0 Å². The number of anilines is 1. The van der Waals surface area contributed by atoms with Crippen LogP contribution in [-0.2, 0) is 18.7 Å². The summed E-state index contributed by atoms with van der Waals surface area (Å²) < 4.78 is 29.3. The maximum absolute atomic E-state index is 12.4. The average molecular weight is 480 g/mol. The summed E-state index contributed by atoms with van der Waals surface area (Å²) in [5.41, 5.74) is 5.19. The topological polar surface area (TPSA) is 234 Å². The molecule has 1 saturated heterocycles. The van der Waals surface area contributed by atoms with Gasteiger partial charge in [-0.2, -0.15) is 4.98 Å². The van der Waals surface area contributed by atoms with Crippen molar-refractivity contribution < 1.29 is 38.2 Å². The number of fused-ring (bicyclic) bond motifs is 1. The van der Waals surface area contributed by atoms with Crippen molar-refractivity contribution >= 4 is 38.2 Å². The van der Waals surface area contributed by atoms with Gasteiger partial charge in [0.1, 0.15) is 0 Å². The van der Waals surface area contributed by atoms with E-state index in [-0.39, 0.29) is 43.2 Å². The van der Waals surface area contributed by atoms with Crippen LogP contribution < -0.4 is 11.3 Å². The van der Waals surface area contributed by atoms with Crippen LogP contribution in [-0.4, -0.2) is 88.0 Å². The number of aromatic nitrogens is 4. The molecule has 0 bridgehead atoms. The van der Waals surface area contributed by atoms with Gasteiger partial charge in [-0.15, -0.1) is 0 Å². The molecule has 0 spiro atoms. The normalized spacial score (nSPS) is 19.9. The maximum Gasteiger partial charge on any atom is 0.327 e. The molecule has 3 rings (SSSR count). The summed E-state index contributed by atoms with van der Waals surface area (Å²) in [6.07, 6.45) is -0.956. The molecule has 2 atom stereocenters. The van der Waals surface area contributed by atoms with E-state index in [1.54, 1.807) is 0 Å². The lowest BCUT2D eigenvalue weighted by Gasteiger charge is -2.20. The third kappa shape index (κ3) is 5.98. The molecule has 1 aliphatic rings. The molecule has 17 heteroatoms. The lowest BCUT2D eigenvalue weighted by Crippen LogP contribution is -2.30. The Morgan fingerprint density at radius 2 is 1.90 bits per heavy atom. The third-order valence-electron chi connectivity index (χ3n) is 4.73. The molecule has 1 fully saturated rings. The molecule has 0 aromatic carbocycles. The summed E-state index contributed by atoms with van der Waals surface area (Å²) in [6, 6.07) is -0.630. The molecule has 0 saturated carbocycles. The van der Waals surface area contributed by atoms with E-state index in [0.717, 1.165) is 0 Å². The first-order valence-electron chi connectivity index (χ1n) is 9.05. The Hall–Kier alpha value is -2.12. The number of hydrogen-bond acceptors (Lipinski definition) is 8. The molecular weight excluding hydrogens is 458 g/mol. The standard InChI is InChI=1S/C14H22N6O9P2/c15-14-17-12-11(13(22)18-14)16-7-20(12)8-5-19(10(21)1-3-30(23,24)25)6-9(8)29-2-4-31(26,27)28/h7-9H,1-6H2,(H2,23,24,25)(H2,26,27,28)(H3,15,17,18,22)/t8-,9+/m1/s1. The number of nitrogens with zero attached hydrogens (tertiary/aromatic N) is 4. The minimum Gasteiger partial charge on any atom is -0.373 e. The van der Waals surface area contributed by atoms with E-state index in [1.165, 1.54) is 15.8 Å². The molecule has 3 heterocycles. The van der Waals surface area contributed by atoms with Crippen molar-refractivity contribution in [2.75, 3.05) is 37.8 Å². The second kappa shape index (κ2) is 8.79. The smallest absolute Gasteiger partial charge is 0.327 e. The Labute approximate surface area is 174 Å². The molecule has 172 valence electrons. The molecule has 7 N–H and O–H groups in total. The number of likely N-dealkylation sites (tertiary alicyclic amines) is 1. The highest BCUT2D eigenvalue weighted by molar-refractivity contribution is 7.52. The zero-order valence-electron chi connectivity index (χ0n) is 16.1. The zero-order valence-corrected chi connectivity index (χ0v) is 17.9. The molecule has 1 amide bonds. The summed E-state index contributed by atoms with van der Waals surface area (Å²) >= 11 is 0. The Morgan fingerprint density at radius 3 is 2.55 bits per heavy atom. The molecule has 0 unspecified atom stereocenters. The molecule has 1 aliphatic heterocycles. The number of nitrogens with one attached hydrogen (secondary N) is 1. The van der Waals surface area contributed by atoms with Gasteiger partial charge < -0.3 is 39.5 Å². The van der Waals surface area contributed by atoms with E-state index in [4.69, 9.17) is 30.0 Å². The quantitative estimate of drug-likeness (QED) is 0.230. The fourth-order valence-corrected chi connectivity index (χ4v) is 4.13. The second-order valence-electron chi connectivity index (χ2n) is 7.08. The van der Waals surface area contributed by atoms with Crippen LogP contribution >= 0.6 is 15.2 Å². The summed E-state index contributed by atoms with van der Waals surface area (Å²) in [6.45, 7) is -0.247. The third-order valence-corrected chi connectivity index (χ3v) is 6.30.